The van der Waals surface area contributed by atoms with Gasteiger partial charge >= 0.3 is 0 Å². The summed E-state index contributed by atoms with van der Waals surface area (Å²) >= 11 is 12.8. The van der Waals surface area contributed by atoms with Gasteiger partial charge in [0, 0.05) is 86.5 Å². The molecule has 0 saturated carbocycles. The molecule has 2 heterocycles. The van der Waals surface area contributed by atoms with E-state index in [1.54, 1.807) is 6.92 Å². The molecule has 2 aliphatic rings. The number of carbonyl (C=O) groups is 1. The van der Waals surface area contributed by atoms with Gasteiger partial charge in [0.25, 0.3) is 0 Å². The number of piperazine rings is 2. The molecule has 0 radical (unpaired) electrons. The molecule has 1 amide bonds. The highest BCUT2D eigenvalue weighted by molar-refractivity contribution is 6.33. The van der Waals surface area contributed by atoms with Gasteiger partial charge in [-0.25, -0.2) is 0 Å². The summed E-state index contributed by atoms with van der Waals surface area (Å²) in [5, 5.41) is 5.22. The number of carbonyl (C=O) groups excluding carboxylic acids is 1. The minimum absolute atomic E-state index is 0.0998. The highest BCUT2D eigenvalue weighted by Crippen LogP contribution is 2.32. The van der Waals surface area contributed by atoms with Crippen LogP contribution in [0.3, 0.4) is 0 Å². The summed E-state index contributed by atoms with van der Waals surface area (Å²) in [7, 11) is 0. The summed E-state index contributed by atoms with van der Waals surface area (Å²) in [5.41, 5.74) is 12.1. The van der Waals surface area contributed by atoms with Gasteiger partial charge in [-0.15, -0.1) is 0 Å². The summed E-state index contributed by atoms with van der Waals surface area (Å²) in [6.45, 7) is 13.3. The van der Waals surface area contributed by atoms with Gasteiger partial charge in [-0.3, -0.25) is 14.6 Å². The first kappa shape index (κ1) is 40.4. The summed E-state index contributed by atoms with van der Waals surface area (Å²) in [4.78, 5) is 19.1. The number of halogens is 2. The molecular weight excluding hydrogens is 743 g/mol. The van der Waals surface area contributed by atoms with Crippen molar-refractivity contribution in [2.75, 3.05) is 39.3 Å². The Bertz CT molecular complexity index is 2230. The fourth-order valence-corrected chi connectivity index (χ4v) is 8.45. The zero-order valence-electron chi connectivity index (χ0n) is 33.2. The van der Waals surface area contributed by atoms with Gasteiger partial charge < -0.3 is 10.2 Å². The van der Waals surface area contributed by atoms with Gasteiger partial charge in [-0.2, -0.15) is 0 Å². The molecular formula is C50H52Cl2N4O. The number of nitrogens with zero attached hydrogens (tertiary/aromatic N) is 3. The van der Waals surface area contributed by atoms with E-state index in [9.17, 15) is 4.79 Å². The van der Waals surface area contributed by atoms with E-state index in [4.69, 9.17) is 23.2 Å². The second-order valence-corrected chi connectivity index (χ2v) is 16.2. The molecule has 0 aliphatic carbocycles. The summed E-state index contributed by atoms with van der Waals surface area (Å²) in [5.74, 6) is 0.142. The lowest BCUT2D eigenvalue weighted by Crippen LogP contribution is -2.49. The fourth-order valence-electron chi connectivity index (χ4n) is 8.00. The van der Waals surface area contributed by atoms with Crippen LogP contribution in [-0.4, -0.2) is 59.9 Å². The van der Waals surface area contributed by atoms with E-state index in [0.717, 1.165) is 79.1 Å². The van der Waals surface area contributed by atoms with Crippen molar-refractivity contribution in [3.63, 3.8) is 0 Å². The van der Waals surface area contributed by atoms with Crippen molar-refractivity contribution in [1.29, 1.82) is 0 Å². The minimum atomic E-state index is 0.0998. The molecule has 5 nitrogen and oxygen atoms in total. The second-order valence-electron chi connectivity index (χ2n) is 15.4. The molecule has 2 saturated heterocycles. The third-order valence-electron chi connectivity index (χ3n) is 11.1. The number of aryl methyl sites for hydroxylation is 2. The minimum Gasteiger partial charge on any atom is -0.333 e. The van der Waals surface area contributed by atoms with Crippen molar-refractivity contribution in [2.24, 2.45) is 0 Å². The second kappa shape index (κ2) is 19.1. The Kier molecular flexibility index (Phi) is 13.6. The van der Waals surface area contributed by atoms with Gasteiger partial charge in [0.05, 0.1) is 6.04 Å². The van der Waals surface area contributed by atoms with E-state index in [1.807, 2.05) is 47.4 Å². The molecule has 8 rings (SSSR count). The Labute approximate surface area is 348 Å². The van der Waals surface area contributed by atoms with Gasteiger partial charge in [0.2, 0.25) is 5.91 Å². The van der Waals surface area contributed by atoms with Crippen molar-refractivity contribution in [3.8, 4) is 22.3 Å². The molecule has 292 valence electrons. The molecule has 7 heteroatoms. The van der Waals surface area contributed by atoms with E-state index in [0.29, 0.717) is 6.04 Å². The first-order chi connectivity index (χ1) is 27.7. The highest BCUT2D eigenvalue weighted by atomic mass is 35.5. The highest BCUT2D eigenvalue weighted by Gasteiger charge is 2.30. The van der Waals surface area contributed by atoms with Crippen LogP contribution in [0, 0.1) is 13.8 Å². The Hall–Kier alpha value is -4.75. The Morgan fingerprint density at radius 1 is 0.596 bits per heavy atom. The van der Waals surface area contributed by atoms with E-state index in [-0.39, 0.29) is 11.9 Å². The van der Waals surface area contributed by atoms with Crippen LogP contribution in [-0.2, 0) is 17.9 Å². The number of rotatable bonds is 8. The molecule has 57 heavy (non-hydrogen) atoms. The number of hydrogen-bond acceptors (Lipinski definition) is 4. The third-order valence-corrected chi connectivity index (χ3v) is 11.8. The lowest BCUT2D eigenvalue weighted by Gasteiger charge is -2.41. The molecule has 6 aromatic rings. The molecule has 1 N–H and O–H groups in total. The van der Waals surface area contributed by atoms with Crippen LogP contribution in [0.1, 0.15) is 52.4 Å². The maximum Gasteiger partial charge on any atom is 0.220 e. The first-order valence-corrected chi connectivity index (χ1v) is 20.7. The van der Waals surface area contributed by atoms with Gasteiger partial charge in [0.15, 0.2) is 0 Å². The van der Waals surface area contributed by atoms with Gasteiger partial charge in [-0.1, -0.05) is 156 Å². The van der Waals surface area contributed by atoms with Gasteiger partial charge in [-0.05, 0) is 71.5 Å². The number of nitrogens with one attached hydrogen (secondary N) is 1. The smallest absolute Gasteiger partial charge is 0.220 e. The summed E-state index contributed by atoms with van der Waals surface area (Å²) < 4.78 is 0. The molecule has 2 aliphatic heterocycles. The monoisotopic (exact) mass is 794 g/mol. The van der Waals surface area contributed by atoms with Gasteiger partial charge in [0.1, 0.15) is 0 Å². The predicted molar refractivity (Wildman–Crippen MR) is 238 cm³/mol. The van der Waals surface area contributed by atoms with Crippen molar-refractivity contribution < 1.29 is 4.79 Å². The zero-order chi connectivity index (χ0) is 39.7. The zero-order valence-corrected chi connectivity index (χ0v) is 34.7. The molecule has 0 bridgehead atoms. The molecule has 2 unspecified atom stereocenters. The lowest BCUT2D eigenvalue weighted by atomic mass is 10.0. The largest absolute Gasteiger partial charge is 0.333 e. The van der Waals surface area contributed by atoms with E-state index < -0.39 is 0 Å². The normalized spacial score (nSPS) is 17.5. The standard InChI is InChI=1S/C26H27ClN2O.C24H25ClN2/c1-19-8-13-25(27)24(16-19)22-11-9-21(10-12-22)17-28-14-15-29(20(2)30)26(18-28)23-6-4-3-5-7-23;1-18-7-12-23(25)22(15-18)20-10-8-19(9-11-20)16-27-14-13-26-24(17-27)21-5-3-2-4-6-21/h3-13,16,26H,14-15,17-18H2,1-2H3;2-12,15,24,26H,13-14,16-17H2,1H3. The molecule has 2 atom stereocenters. The van der Waals surface area contributed by atoms with E-state index in [2.05, 4.69) is 132 Å². The maximum absolute atomic E-state index is 12.2. The quantitative estimate of drug-likeness (QED) is 0.167. The van der Waals surface area contributed by atoms with Crippen molar-refractivity contribution in [1.82, 2.24) is 20.0 Å². The maximum atomic E-state index is 12.2. The average Bonchev–Trinajstić information content (AvgIpc) is 3.24. The van der Waals surface area contributed by atoms with Crippen LogP contribution >= 0.6 is 23.2 Å². The molecule has 0 aromatic heterocycles. The van der Waals surface area contributed by atoms with Crippen LogP contribution in [0.25, 0.3) is 22.3 Å². The number of amides is 1. The average molecular weight is 796 g/mol. The first-order valence-electron chi connectivity index (χ1n) is 20.0. The van der Waals surface area contributed by atoms with Crippen LogP contribution in [0.2, 0.25) is 10.0 Å². The van der Waals surface area contributed by atoms with Crippen LogP contribution < -0.4 is 5.32 Å². The number of benzene rings is 6. The van der Waals surface area contributed by atoms with Crippen LogP contribution in [0.15, 0.2) is 146 Å². The Morgan fingerprint density at radius 3 is 1.60 bits per heavy atom. The fraction of sp³-hybridized carbons (Fsp3) is 0.260. The van der Waals surface area contributed by atoms with E-state index >= 15 is 0 Å². The summed E-state index contributed by atoms with van der Waals surface area (Å²) in [6.07, 6.45) is 0. The molecule has 2 fully saturated rings. The Balaban J connectivity index is 0.000000175. The molecule has 6 aromatic carbocycles. The number of hydrogen-bond donors (Lipinski definition) is 1. The van der Waals surface area contributed by atoms with Crippen molar-refractivity contribution >= 4 is 29.1 Å². The SMILES string of the molecule is CC(=O)N1CCN(Cc2ccc(-c3cc(C)ccc3Cl)cc2)CC1c1ccccc1.Cc1ccc(Cl)c(-c2ccc(CN3CCNC(c4ccccc4)C3)cc2)c1. The predicted octanol–water partition coefficient (Wildman–Crippen LogP) is 11.2. The summed E-state index contributed by atoms with van der Waals surface area (Å²) in [6, 6.07) is 51.4. The lowest BCUT2D eigenvalue weighted by molar-refractivity contribution is -0.134. The van der Waals surface area contributed by atoms with Crippen molar-refractivity contribution in [3.05, 3.63) is 189 Å². The molecule has 0 spiro atoms. The van der Waals surface area contributed by atoms with E-state index in [1.165, 1.54) is 38.9 Å². The van der Waals surface area contributed by atoms with Crippen molar-refractivity contribution in [2.45, 2.75) is 45.9 Å². The Morgan fingerprint density at radius 2 is 1.09 bits per heavy atom. The third kappa shape index (κ3) is 10.6. The van der Waals surface area contributed by atoms with Crippen LogP contribution in [0.5, 0.6) is 0 Å². The topological polar surface area (TPSA) is 38.8 Å². The van der Waals surface area contributed by atoms with Crippen LogP contribution in [0.4, 0.5) is 0 Å².